The number of benzene rings is 1. The van der Waals surface area contributed by atoms with Crippen molar-refractivity contribution in [3.05, 3.63) is 42.1 Å². The van der Waals surface area contributed by atoms with Crippen LogP contribution in [0.3, 0.4) is 0 Å². The molecule has 0 amide bonds. The van der Waals surface area contributed by atoms with Crippen molar-refractivity contribution in [2.24, 2.45) is 7.05 Å². The van der Waals surface area contributed by atoms with E-state index in [4.69, 9.17) is 0 Å². The first kappa shape index (κ1) is 10.2. The van der Waals surface area contributed by atoms with Gasteiger partial charge in [0.2, 0.25) is 5.52 Å². The number of unbranched alkanes of at least 4 members (excludes halogenated alkanes) is 1. The smallest absolute Gasteiger partial charge is 0.201 e. The van der Waals surface area contributed by atoms with E-state index in [-0.39, 0.29) is 0 Å². The summed E-state index contributed by atoms with van der Waals surface area (Å²) in [6.07, 6.45) is 5.89. The largest absolute Gasteiger partial charge is 0.212 e. The second-order valence-electron chi connectivity index (χ2n) is 4.07. The summed E-state index contributed by atoms with van der Waals surface area (Å²) < 4.78 is 2.19. The van der Waals surface area contributed by atoms with Crippen LogP contribution in [0.2, 0.25) is 0 Å². The van der Waals surface area contributed by atoms with Crippen molar-refractivity contribution >= 4 is 10.9 Å². The molecule has 0 radical (unpaired) electrons. The van der Waals surface area contributed by atoms with Gasteiger partial charge in [-0.05, 0) is 24.5 Å². The van der Waals surface area contributed by atoms with Gasteiger partial charge in [0, 0.05) is 17.5 Å². The number of nitrogens with zero attached hydrogens (tertiary/aromatic N) is 1. The van der Waals surface area contributed by atoms with Crippen LogP contribution in [0.15, 0.2) is 36.5 Å². The van der Waals surface area contributed by atoms with Gasteiger partial charge in [-0.2, -0.15) is 0 Å². The fourth-order valence-electron chi connectivity index (χ4n) is 2.01. The van der Waals surface area contributed by atoms with Crippen molar-refractivity contribution in [3.63, 3.8) is 0 Å². The van der Waals surface area contributed by atoms with Crippen molar-refractivity contribution in [1.29, 1.82) is 0 Å². The van der Waals surface area contributed by atoms with Crippen LogP contribution in [0.5, 0.6) is 0 Å². The summed E-state index contributed by atoms with van der Waals surface area (Å²) in [5, 5.41) is 1.40. The molecule has 1 heterocycles. The zero-order valence-electron chi connectivity index (χ0n) is 9.53. The standard InChI is InChI=1S/C14H18N/c1-3-4-7-12-10-11-15(2)14-9-6-5-8-13(12)14/h5-6,8-11H,3-4,7H2,1-2H3/q+1. The topological polar surface area (TPSA) is 3.88 Å². The van der Waals surface area contributed by atoms with Gasteiger partial charge in [-0.15, -0.1) is 0 Å². The minimum atomic E-state index is 1.19. The van der Waals surface area contributed by atoms with Gasteiger partial charge in [0.1, 0.15) is 7.05 Å². The average Bonchev–Trinajstić information content (AvgIpc) is 2.29. The van der Waals surface area contributed by atoms with E-state index >= 15 is 0 Å². The first-order valence-electron chi connectivity index (χ1n) is 5.69. The number of hydrogen-bond acceptors (Lipinski definition) is 0. The summed E-state index contributed by atoms with van der Waals surface area (Å²) in [4.78, 5) is 0. The lowest BCUT2D eigenvalue weighted by molar-refractivity contribution is -0.644. The van der Waals surface area contributed by atoms with Crippen molar-refractivity contribution in [1.82, 2.24) is 0 Å². The monoisotopic (exact) mass is 200 g/mol. The molecule has 2 aromatic rings. The van der Waals surface area contributed by atoms with Gasteiger partial charge < -0.3 is 0 Å². The summed E-state index contributed by atoms with van der Waals surface area (Å²) in [7, 11) is 2.10. The highest BCUT2D eigenvalue weighted by molar-refractivity contribution is 5.79. The number of pyridine rings is 1. The van der Waals surface area contributed by atoms with E-state index < -0.39 is 0 Å². The van der Waals surface area contributed by atoms with E-state index in [0.29, 0.717) is 0 Å². The molecule has 0 bridgehead atoms. The average molecular weight is 200 g/mol. The quantitative estimate of drug-likeness (QED) is 0.671. The molecule has 0 aliphatic rings. The Hall–Kier alpha value is -1.37. The van der Waals surface area contributed by atoms with Gasteiger partial charge in [-0.3, -0.25) is 0 Å². The van der Waals surface area contributed by atoms with E-state index in [9.17, 15) is 0 Å². The minimum Gasteiger partial charge on any atom is -0.201 e. The van der Waals surface area contributed by atoms with E-state index in [1.165, 1.54) is 35.7 Å². The molecule has 0 unspecified atom stereocenters. The highest BCUT2D eigenvalue weighted by Gasteiger charge is 2.07. The second-order valence-corrected chi connectivity index (χ2v) is 4.07. The summed E-state index contributed by atoms with van der Waals surface area (Å²) >= 11 is 0. The zero-order valence-corrected chi connectivity index (χ0v) is 9.53. The summed E-state index contributed by atoms with van der Waals surface area (Å²) in [6, 6.07) is 10.9. The Bertz CT molecular complexity index is 460. The van der Waals surface area contributed by atoms with Gasteiger partial charge in [-0.25, -0.2) is 4.57 Å². The molecule has 0 saturated heterocycles. The fourth-order valence-corrected chi connectivity index (χ4v) is 2.01. The van der Waals surface area contributed by atoms with Crippen LogP contribution in [-0.2, 0) is 13.5 Å². The highest BCUT2D eigenvalue weighted by atomic mass is 14.9. The molecule has 0 saturated carbocycles. The van der Waals surface area contributed by atoms with Crippen LogP contribution in [0.25, 0.3) is 10.9 Å². The third-order valence-electron chi connectivity index (χ3n) is 2.93. The van der Waals surface area contributed by atoms with E-state index in [2.05, 4.69) is 55.1 Å². The van der Waals surface area contributed by atoms with Crippen LogP contribution >= 0.6 is 0 Å². The normalized spacial score (nSPS) is 10.8. The van der Waals surface area contributed by atoms with E-state index in [1.807, 2.05) is 0 Å². The molecule has 1 aromatic heterocycles. The molecule has 15 heavy (non-hydrogen) atoms. The van der Waals surface area contributed by atoms with Crippen LogP contribution in [-0.4, -0.2) is 0 Å². The highest BCUT2D eigenvalue weighted by Crippen LogP contribution is 2.16. The SMILES string of the molecule is CCCCc1cc[n+](C)c2ccccc12. The van der Waals surface area contributed by atoms with Gasteiger partial charge in [-0.1, -0.05) is 25.5 Å². The lowest BCUT2D eigenvalue weighted by atomic mass is 10.0. The maximum Gasteiger partial charge on any atom is 0.212 e. The number of aryl methyl sites for hydroxylation is 2. The predicted octanol–water partition coefficient (Wildman–Crippen LogP) is 3.01. The van der Waals surface area contributed by atoms with Gasteiger partial charge in [0.05, 0.1) is 0 Å². The first-order valence-corrected chi connectivity index (χ1v) is 5.69. The summed E-state index contributed by atoms with van der Waals surface area (Å²) in [6.45, 7) is 2.24. The third-order valence-corrected chi connectivity index (χ3v) is 2.93. The van der Waals surface area contributed by atoms with Gasteiger partial charge >= 0.3 is 0 Å². The van der Waals surface area contributed by atoms with Crippen LogP contribution in [0.4, 0.5) is 0 Å². The summed E-state index contributed by atoms with van der Waals surface area (Å²) in [5.41, 5.74) is 2.80. The lowest BCUT2D eigenvalue weighted by Crippen LogP contribution is -2.28. The van der Waals surface area contributed by atoms with Gasteiger partial charge in [0.15, 0.2) is 6.20 Å². The summed E-state index contributed by atoms with van der Waals surface area (Å²) in [5.74, 6) is 0. The molecular formula is C14H18N+. The molecule has 0 atom stereocenters. The predicted molar refractivity (Wildman–Crippen MR) is 63.7 cm³/mol. The number of para-hydroxylation sites is 1. The molecule has 2 rings (SSSR count). The maximum absolute atomic E-state index is 2.25. The lowest BCUT2D eigenvalue weighted by Gasteiger charge is -2.03. The van der Waals surface area contributed by atoms with Crippen LogP contribution in [0.1, 0.15) is 25.3 Å². The Morgan fingerprint density at radius 2 is 1.93 bits per heavy atom. The fraction of sp³-hybridized carbons (Fsp3) is 0.357. The Balaban J connectivity index is 2.51. The molecule has 0 spiro atoms. The molecule has 1 nitrogen and oxygen atoms in total. The van der Waals surface area contributed by atoms with Crippen molar-refractivity contribution in [2.75, 3.05) is 0 Å². The molecule has 78 valence electrons. The number of hydrogen-bond donors (Lipinski definition) is 0. The molecule has 0 aliphatic carbocycles. The molecule has 0 N–H and O–H groups in total. The zero-order chi connectivity index (χ0) is 10.7. The minimum absolute atomic E-state index is 1.19. The molecule has 0 fully saturated rings. The number of fused-ring (bicyclic) bond motifs is 1. The number of aromatic nitrogens is 1. The van der Waals surface area contributed by atoms with E-state index in [0.717, 1.165) is 0 Å². The third kappa shape index (κ3) is 2.01. The Morgan fingerprint density at radius 3 is 2.73 bits per heavy atom. The molecule has 0 aliphatic heterocycles. The molecule has 1 heteroatoms. The first-order chi connectivity index (χ1) is 7.33. The van der Waals surface area contributed by atoms with E-state index in [1.54, 1.807) is 0 Å². The van der Waals surface area contributed by atoms with Crippen molar-refractivity contribution in [3.8, 4) is 0 Å². The van der Waals surface area contributed by atoms with Crippen LogP contribution in [0, 0.1) is 0 Å². The Labute approximate surface area is 91.4 Å². The Morgan fingerprint density at radius 1 is 1.13 bits per heavy atom. The van der Waals surface area contributed by atoms with Gasteiger partial charge in [0.25, 0.3) is 0 Å². The Kier molecular flexibility index (Phi) is 3.00. The van der Waals surface area contributed by atoms with Crippen LogP contribution < -0.4 is 4.57 Å². The molecular weight excluding hydrogens is 182 g/mol. The van der Waals surface area contributed by atoms with Crippen molar-refractivity contribution < 1.29 is 4.57 Å². The second kappa shape index (κ2) is 4.43. The number of rotatable bonds is 3. The maximum atomic E-state index is 2.25. The molecule has 1 aromatic carbocycles. The van der Waals surface area contributed by atoms with Crippen molar-refractivity contribution in [2.45, 2.75) is 26.2 Å².